The van der Waals surface area contributed by atoms with E-state index in [4.69, 9.17) is 23.2 Å². The van der Waals surface area contributed by atoms with Gasteiger partial charge >= 0.3 is 0 Å². The van der Waals surface area contributed by atoms with Gasteiger partial charge in [0.15, 0.2) is 0 Å². The quantitative estimate of drug-likeness (QED) is 0.715. The Kier molecular flexibility index (Phi) is 5.96. The first-order valence-corrected chi connectivity index (χ1v) is 9.98. The predicted molar refractivity (Wildman–Crippen MR) is 111 cm³/mol. The number of hydrogen-bond donors (Lipinski definition) is 1. The molecule has 0 fully saturated rings. The number of carbonyl (C=O) groups excluding carboxylic acids is 2. The second kappa shape index (κ2) is 8.07. The fourth-order valence-corrected chi connectivity index (χ4v) is 4.39. The maximum Gasteiger partial charge on any atom is 0.272 e. The molecule has 0 aromatic heterocycles. The van der Waals surface area contributed by atoms with Crippen LogP contribution in [0.15, 0.2) is 41.3 Å². The highest BCUT2D eigenvalue weighted by Crippen LogP contribution is 2.41. The first-order chi connectivity index (χ1) is 12.8. The minimum absolute atomic E-state index is 0.110. The monoisotopic (exact) mass is 421 g/mol. The molecule has 140 valence electrons. The van der Waals surface area contributed by atoms with E-state index < -0.39 is 11.8 Å². The number of halogens is 2. The lowest BCUT2D eigenvalue weighted by Crippen LogP contribution is -2.31. The smallest absolute Gasteiger partial charge is 0.272 e. The normalized spacial score (nSPS) is 14.5. The van der Waals surface area contributed by atoms with E-state index in [0.29, 0.717) is 27.0 Å². The van der Waals surface area contributed by atoms with Crippen LogP contribution in [0.3, 0.4) is 0 Å². The summed E-state index contributed by atoms with van der Waals surface area (Å²) in [7, 11) is 0. The summed E-state index contributed by atoms with van der Waals surface area (Å²) in [6.45, 7) is 3.71. The van der Waals surface area contributed by atoms with Crippen molar-refractivity contribution in [2.45, 2.75) is 13.8 Å². The highest BCUT2D eigenvalue weighted by molar-refractivity contribution is 8.04. The third-order valence-corrected chi connectivity index (χ3v) is 5.65. The lowest BCUT2D eigenvalue weighted by molar-refractivity contribution is -0.119. The molecule has 0 aliphatic carbocycles. The van der Waals surface area contributed by atoms with E-state index in [1.165, 1.54) is 11.0 Å². The molecule has 0 unspecified atom stereocenters. The molecule has 0 saturated heterocycles. The molecule has 2 aromatic rings. The molecule has 2 amide bonds. The number of anilines is 1. The molecule has 3 rings (SSSR count). The van der Waals surface area contributed by atoms with Gasteiger partial charge in [0, 0.05) is 16.3 Å². The van der Waals surface area contributed by atoms with Crippen LogP contribution < -0.4 is 4.90 Å². The second-order valence-electron chi connectivity index (χ2n) is 6.19. The van der Waals surface area contributed by atoms with Gasteiger partial charge in [-0.3, -0.25) is 9.59 Å². The van der Waals surface area contributed by atoms with Gasteiger partial charge in [-0.2, -0.15) is 0 Å². The van der Waals surface area contributed by atoms with Crippen LogP contribution in [0.4, 0.5) is 5.69 Å². The second-order valence-corrected chi connectivity index (χ2v) is 8.14. The van der Waals surface area contributed by atoms with Crippen LogP contribution in [0.25, 0.3) is 5.57 Å². The molecule has 2 aromatic carbocycles. The van der Waals surface area contributed by atoms with Crippen LogP contribution >= 0.6 is 35.0 Å². The van der Waals surface area contributed by atoms with Gasteiger partial charge in [-0.1, -0.05) is 35.3 Å². The number of aryl methyl sites for hydroxylation is 2. The van der Waals surface area contributed by atoms with Gasteiger partial charge in [0.1, 0.15) is 0 Å². The molecule has 1 heterocycles. The zero-order chi connectivity index (χ0) is 19.7. The number of benzene rings is 2. The minimum Gasteiger partial charge on any atom is -0.396 e. The molecular formula is C20H17Cl2NO3S. The number of rotatable bonds is 5. The molecule has 0 spiro atoms. The van der Waals surface area contributed by atoms with Crippen molar-refractivity contribution >= 4 is 58.0 Å². The van der Waals surface area contributed by atoms with E-state index in [1.54, 1.807) is 24.3 Å². The molecule has 0 radical (unpaired) electrons. The molecule has 4 nitrogen and oxygen atoms in total. The largest absolute Gasteiger partial charge is 0.396 e. The summed E-state index contributed by atoms with van der Waals surface area (Å²) in [4.78, 5) is 27.8. The average Bonchev–Trinajstić information content (AvgIpc) is 2.82. The molecule has 27 heavy (non-hydrogen) atoms. The lowest BCUT2D eigenvalue weighted by atomic mass is 10.1. The van der Waals surface area contributed by atoms with Gasteiger partial charge in [-0.05, 0) is 49.2 Å². The number of imide groups is 1. The van der Waals surface area contributed by atoms with E-state index in [2.05, 4.69) is 0 Å². The van der Waals surface area contributed by atoms with Crippen molar-refractivity contribution in [2.24, 2.45) is 0 Å². The topological polar surface area (TPSA) is 57.6 Å². The Morgan fingerprint density at radius 2 is 1.67 bits per heavy atom. The summed E-state index contributed by atoms with van der Waals surface area (Å²) < 4.78 is 0. The van der Waals surface area contributed by atoms with Crippen LogP contribution in [-0.2, 0) is 9.59 Å². The lowest BCUT2D eigenvalue weighted by Gasteiger charge is -2.17. The molecule has 0 atom stereocenters. The maximum atomic E-state index is 13.2. The Labute approximate surface area is 171 Å². The van der Waals surface area contributed by atoms with Crippen molar-refractivity contribution in [1.82, 2.24) is 0 Å². The number of hydrogen-bond acceptors (Lipinski definition) is 4. The van der Waals surface area contributed by atoms with Crippen LogP contribution in [0.2, 0.25) is 10.0 Å². The van der Waals surface area contributed by atoms with E-state index in [0.717, 1.165) is 22.9 Å². The zero-order valence-corrected chi connectivity index (χ0v) is 17.1. The van der Waals surface area contributed by atoms with Crippen molar-refractivity contribution < 1.29 is 14.7 Å². The van der Waals surface area contributed by atoms with Gasteiger partial charge in [0.25, 0.3) is 11.8 Å². The highest BCUT2D eigenvalue weighted by atomic mass is 35.5. The fraction of sp³-hybridized carbons (Fsp3) is 0.200. The van der Waals surface area contributed by atoms with Crippen LogP contribution in [0, 0.1) is 13.8 Å². The van der Waals surface area contributed by atoms with Crippen molar-refractivity contribution in [3.63, 3.8) is 0 Å². The number of amides is 2. The minimum atomic E-state index is -0.435. The SMILES string of the molecule is Cc1cc(C)cc(N2C(=O)C(SCCO)=C(c3ccc(Cl)cc3Cl)C2=O)c1. The summed E-state index contributed by atoms with van der Waals surface area (Å²) in [6.07, 6.45) is 0. The first-order valence-electron chi connectivity index (χ1n) is 8.24. The van der Waals surface area contributed by atoms with Crippen molar-refractivity contribution in [3.05, 3.63) is 68.0 Å². The number of carbonyl (C=O) groups is 2. The predicted octanol–water partition coefficient (Wildman–Crippen LogP) is 4.62. The Bertz CT molecular complexity index is 951. The third-order valence-electron chi connectivity index (χ3n) is 4.04. The van der Waals surface area contributed by atoms with E-state index in [9.17, 15) is 14.7 Å². The molecule has 0 saturated carbocycles. The molecule has 0 bridgehead atoms. The fourth-order valence-electron chi connectivity index (χ4n) is 3.04. The van der Waals surface area contributed by atoms with Crippen molar-refractivity contribution in [3.8, 4) is 0 Å². The highest BCUT2D eigenvalue weighted by Gasteiger charge is 2.40. The first kappa shape index (κ1) is 20.0. The Balaban J connectivity index is 2.14. The molecule has 1 aliphatic heterocycles. The summed E-state index contributed by atoms with van der Waals surface area (Å²) in [5, 5.41) is 9.92. The third kappa shape index (κ3) is 3.92. The van der Waals surface area contributed by atoms with Gasteiger partial charge < -0.3 is 5.11 Å². The number of aliphatic hydroxyl groups is 1. The van der Waals surface area contributed by atoms with Crippen LogP contribution in [-0.4, -0.2) is 29.3 Å². The Hall–Kier alpha value is -1.79. The van der Waals surface area contributed by atoms with Crippen LogP contribution in [0.1, 0.15) is 16.7 Å². The van der Waals surface area contributed by atoms with Crippen LogP contribution in [0.5, 0.6) is 0 Å². The zero-order valence-electron chi connectivity index (χ0n) is 14.8. The Morgan fingerprint density at radius 3 is 2.26 bits per heavy atom. The summed E-state index contributed by atoms with van der Waals surface area (Å²) in [5.41, 5.74) is 3.11. The summed E-state index contributed by atoms with van der Waals surface area (Å²) in [5.74, 6) is -0.553. The maximum absolute atomic E-state index is 13.2. The number of thioether (sulfide) groups is 1. The van der Waals surface area contributed by atoms with Crippen molar-refractivity contribution in [2.75, 3.05) is 17.3 Å². The van der Waals surface area contributed by atoms with Gasteiger partial charge in [0.2, 0.25) is 0 Å². The number of nitrogens with zero attached hydrogens (tertiary/aromatic N) is 1. The summed E-state index contributed by atoms with van der Waals surface area (Å²) in [6, 6.07) is 10.4. The summed E-state index contributed by atoms with van der Waals surface area (Å²) >= 11 is 13.4. The standard InChI is InChI=1S/C20H17Cl2NO3S/c1-11-7-12(2)9-14(8-11)23-19(25)17(18(20(23)26)27-6-5-24)15-4-3-13(21)10-16(15)22/h3-4,7-10,24H,5-6H2,1-2H3. The average molecular weight is 422 g/mol. The molecule has 1 aliphatic rings. The van der Waals surface area contributed by atoms with E-state index in [-0.39, 0.29) is 17.1 Å². The number of aliphatic hydroxyl groups excluding tert-OH is 1. The molecule has 1 N–H and O–H groups in total. The van der Waals surface area contributed by atoms with E-state index >= 15 is 0 Å². The molecule has 7 heteroatoms. The van der Waals surface area contributed by atoms with Gasteiger partial charge in [-0.25, -0.2) is 4.90 Å². The molecular weight excluding hydrogens is 405 g/mol. The van der Waals surface area contributed by atoms with Gasteiger partial charge in [-0.15, -0.1) is 11.8 Å². The Morgan fingerprint density at radius 1 is 1.00 bits per heavy atom. The van der Waals surface area contributed by atoms with Crippen molar-refractivity contribution in [1.29, 1.82) is 0 Å². The van der Waals surface area contributed by atoms with Gasteiger partial charge in [0.05, 0.1) is 27.8 Å². The van der Waals surface area contributed by atoms with E-state index in [1.807, 2.05) is 19.9 Å².